The molecule has 12 nitrogen and oxygen atoms in total. The van der Waals surface area contributed by atoms with Gasteiger partial charge in [-0.25, -0.2) is 4.98 Å². The highest BCUT2D eigenvalue weighted by molar-refractivity contribution is 7.53. The first-order valence-electron chi connectivity index (χ1n) is 11.8. The van der Waals surface area contributed by atoms with E-state index in [2.05, 4.69) is 37.0 Å². The fourth-order valence-corrected chi connectivity index (χ4v) is 4.75. The summed E-state index contributed by atoms with van der Waals surface area (Å²) in [6, 6.07) is -0.865. The number of nitrogens with two attached hydrogens (primary N) is 1. The van der Waals surface area contributed by atoms with Crippen molar-refractivity contribution >= 4 is 43.4 Å². The van der Waals surface area contributed by atoms with Crippen LogP contribution in [0.4, 0.5) is 11.8 Å². The summed E-state index contributed by atoms with van der Waals surface area (Å²) in [6.45, 7) is 11.1. The van der Waals surface area contributed by atoms with Crippen LogP contribution in [0.2, 0.25) is 0 Å². The molecule has 0 radical (unpaired) electrons. The summed E-state index contributed by atoms with van der Waals surface area (Å²) in [4.78, 5) is 36.5. The summed E-state index contributed by atoms with van der Waals surface area (Å²) in [6.07, 6.45) is 6.94. The van der Waals surface area contributed by atoms with Gasteiger partial charge < -0.3 is 29.9 Å². The number of carbonyl (C=O) groups excluding carboxylic acids is 2. The van der Waals surface area contributed by atoms with Crippen LogP contribution in [0.5, 0.6) is 0 Å². The Morgan fingerprint density at radius 3 is 2.80 bits per heavy atom. The van der Waals surface area contributed by atoms with E-state index in [1.807, 2.05) is 18.4 Å². The Hall–Kier alpha value is -2.66. The number of carbonyl (C=O) groups is 2. The van der Waals surface area contributed by atoms with Gasteiger partial charge in [-0.15, -0.1) is 6.58 Å². The predicted octanol–water partition coefficient (Wildman–Crippen LogP) is 2.18. The quantitative estimate of drug-likeness (QED) is 0.0769. The third kappa shape index (κ3) is 9.14. The monoisotopic (exact) mass is 508 g/mol. The van der Waals surface area contributed by atoms with Crippen LogP contribution in [0.15, 0.2) is 19.0 Å². The molecule has 0 aliphatic carbocycles. The number of aromatic nitrogens is 4. The second-order valence-corrected chi connectivity index (χ2v) is 9.46. The number of esters is 1. The molecule has 0 bridgehead atoms. The Balaban J connectivity index is 1.96. The maximum Gasteiger partial charge on any atom is 0.323 e. The minimum atomic E-state index is -1.17. The highest BCUT2D eigenvalue weighted by atomic mass is 31.1. The summed E-state index contributed by atoms with van der Waals surface area (Å²) in [5.41, 5.74) is 7.07. The molecule has 35 heavy (non-hydrogen) atoms. The number of imidazole rings is 1. The average Bonchev–Trinajstić information content (AvgIpc) is 3.25. The van der Waals surface area contributed by atoms with Gasteiger partial charge in [-0.2, -0.15) is 9.97 Å². The third-order valence-electron chi connectivity index (χ3n) is 4.96. The summed E-state index contributed by atoms with van der Waals surface area (Å²) in [5, 5.41) is 9.58. The lowest BCUT2D eigenvalue weighted by molar-refractivity contribution is -0.145. The Kier molecular flexibility index (Phi) is 12.5. The number of hydrogen-bond donors (Lipinski definition) is 4. The first-order chi connectivity index (χ1) is 16.9. The van der Waals surface area contributed by atoms with Gasteiger partial charge >= 0.3 is 5.97 Å². The standard InChI is InChI=1S/C22H37N8O4P/c1-5-8-11-34-21(32)16(4)28-35(29-17(7-3)13-31)15-33-12-10-30-14-25-18-19(24-9-6-2)26-22(23)27-20(18)30/h6,13-14,16-17,28-29H,2,5,7-12,15H2,1,3-4H3,(H3,23,24,26,27)/t16?,17-,35?/m0/s1. The fraction of sp³-hybridized carbons (Fsp3) is 0.591. The molecule has 13 heteroatoms. The number of anilines is 2. The maximum atomic E-state index is 12.3. The molecule has 0 aliphatic rings. The molecule has 2 aromatic heterocycles. The van der Waals surface area contributed by atoms with Crippen LogP contribution in [-0.2, 0) is 25.6 Å². The maximum absolute atomic E-state index is 12.3. The largest absolute Gasteiger partial charge is 0.465 e. The molecule has 3 atom stereocenters. The van der Waals surface area contributed by atoms with Crippen LogP contribution in [0, 0.1) is 0 Å². The number of nitrogen functional groups attached to an aromatic ring is 1. The van der Waals surface area contributed by atoms with E-state index < -0.39 is 14.3 Å². The topological polar surface area (TPSA) is 158 Å². The first kappa shape index (κ1) is 28.6. The zero-order valence-electron chi connectivity index (χ0n) is 20.7. The molecule has 2 rings (SSSR count). The SMILES string of the molecule is C=CCNc1nc(N)nc2c1ncn2CCOCP(NC(C)C(=O)OCCCC)N[C@H](C=O)CC. The molecule has 0 spiro atoms. The van der Waals surface area contributed by atoms with Crippen molar-refractivity contribution in [3.63, 3.8) is 0 Å². The first-order valence-corrected chi connectivity index (χ1v) is 13.3. The number of unbranched alkanes of at least 4 members (excludes halogenated alkanes) is 1. The smallest absolute Gasteiger partial charge is 0.323 e. The van der Waals surface area contributed by atoms with Crippen molar-refractivity contribution < 1.29 is 19.1 Å². The van der Waals surface area contributed by atoms with Crippen LogP contribution >= 0.6 is 8.22 Å². The highest BCUT2D eigenvalue weighted by Crippen LogP contribution is 2.28. The molecule has 0 fully saturated rings. The van der Waals surface area contributed by atoms with E-state index in [-0.39, 0.29) is 18.0 Å². The summed E-state index contributed by atoms with van der Waals surface area (Å²) >= 11 is 0. The molecule has 2 aromatic rings. The van der Waals surface area contributed by atoms with Crippen LogP contribution < -0.4 is 21.2 Å². The van der Waals surface area contributed by atoms with Crippen LogP contribution in [0.25, 0.3) is 11.2 Å². The van der Waals surface area contributed by atoms with E-state index >= 15 is 0 Å². The zero-order chi connectivity index (χ0) is 25.6. The number of hydrogen-bond acceptors (Lipinski definition) is 11. The number of rotatable bonds is 18. The van der Waals surface area contributed by atoms with Crippen LogP contribution in [-0.4, -0.2) is 70.0 Å². The summed E-state index contributed by atoms with van der Waals surface area (Å²) < 4.78 is 13.0. The second-order valence-electron chi connectivity index (χ2n) is 7.83. The van der Waals surface area contributed by atoms with Crippen molar-refractivity contribution in [2.24, 2.45) is 0 Å². The van der Waals surface area contributed by atoms with Gasteiger partial charge in [0.2, 0.25) is 5.95 Å². The van der Waals surface area contributed by atoms with Gasteiger partial charge in [-0.1, -0.05) is 26.3 Å². The number of nitrogens with zero attached hydrogens (tertiary/aromatic N) is 4. The molecule has 0 saturated carbocycles. The molecule has 2 heterocycles. The molecule has 0 aliphatic heterocycles. The number of nitrogens with one attached hydrogen (secondary N) is 3. The molecule has 5 N–H and O–H groups in total. The average molecular weight is 509 g/mol. The minimum absolute atomic E-state index is 0.142. The van der Waals surface area contributed by atoms with Gasteiger partial charge in [-0.05, 0) is 19.8 Å². The Morgan fingerprint density at radius 1 is 1.31 bits per heavy atom. The van der Waals surface area contributed by atoms with E-state index in [0.717, 1.165) is 19.1 Å². The van der Waals surface area contributed by atoms with Gasteiger partial charge in [0.1, 0.15) is 12.3 Å². The predicted molar refractivity (Wildman–Crippen MR) is 138 cm³/mol. The lowest BCUT2D eigenvalue weighted by Crippen LogP contribution is -2.39. The minimum Gasteiger partial charge on any atom is -0.465 e. The molecular formula is C22H37N8O4P. The molecule has 194 valence electrons. The van der Waals surface area contributed by atoms with Crippen molar-refractivity contribution in [1.82, 2.24) is 29.7 Å². The van der Waals surface area contributed by atoms with E-state index in [0.29, 0.717) is 56.1 Å². The Bertz CT molecular complexity index is 957. The number of ether oxygens (including phenoxy) is 2. The zero-order valence-corrected chi connectivity index (χ0v) is 21.6. The fourth-order valence-electron chi connectivity index (χ4n) is 2.99. The Morgan fingerprint density at radius 2 is 2.11 bits per heavy atom. The Labute approximate surface area is 207 Å². The van der Waals surface area contributed by atoms with Crippen molar-refractivity contribution in [3.8, 4) is 0 Å². The lowest BCUT2D eigenvalue weighted by Gasteiger charge is -2.25. The molecule has 0 saturated heterocycles. The highest BCUT2D eigenvalue weighted by Gasteiger charge is 2.21. The van der Waals surface area contributed by atoms with Crippen molar-refractivity contribution in [1.29, 1.82) is 0 Å². The molecule has 0 amide bonds. The van der Waals surface area contributed by atoms with Gasteiger partial charge in [0.05, 0.1) is 40.2 Å². The van der Waals surface area contributed by atoms with Crippen molar-refractivity contribution in [3.05, 3.63) is 19.0 Å². The van der Waals surface area contributed by atoms with E-state index in [1.165, 1.54) is 0 Å². The van der Waals surface area contributed by atoms with Crippen molar-refractivity contribution in [2.75, 3.05) is 37.2 Å². The van der Waals surface area contributed by atoms with Gasteiger partial charge in [0.15, 0.2) is 17.0 Å². The van der Waals surface area contributed by atoms with E-state index in [1.54, 1.807) is 19.3 Å². The van der Waals surface area contributed by atoms with Crippen LogP contribution in [0.3, 0.4) is 0 Å². The van der Waals surface area contributed by atoms with Gasteiger partial charge in [0, 0.05) is 13.1 Å². The molecule has 0 aromatic carbocycles. The summed E-state index contributed by atoms with van der Waals surface area (Å²) in [5.74, 6) is 0.362. The lowest BCUT2D eigenvalue weighted by atomic mass is 10.3. The van der Waals surface area contributed by atoms with Crippen LogP contribution in [0.1, 0.15) is 40.0 Å². The molecule has 2 unspecified atom stereocenters. The summed E-state index contributed by atoms with van der Waals surface area (Å²) in [7, 11) is -1.17. The third-order valence-corrected chi connectivity index (χ3v) is 6.75. The molecular weight excluding hydrogens is 471 g/mol. The number of fused-ring (bicyclic) bond motifs is 1. The number of aldehydes is 1. The van der Waals surface area contributed by atoms with Gasteiger partial charge in [0.25, 0.3) is 0 Å². The van der Waals surface area contributed by atoms with Crippen molar-refractivity contribution in [2.45, 2.75) is 58.7 Å². The van der Waals surface area contributed by atoms with E-state index in [9.17, 15) is 9.59 Å². The second kappa shape index (κ2) is 15.4. The van der Waals surface area contributed by atoms with Gasteiger partial charge in [-0.3, -0.25) is 15.0 Å². The normalized spacial score (nSPS) is 13.8. The van der Waals surface area contributed by atoms with E-state index in [4.69, 9.17) is 15.2 Å².